The molecule has 0 saturated carbocycles. The molecule has 1 unspecified atom stereocenters. The summed E-state index contributed by atoms with van der Waals surface area (Å²) in [7, 11) is 1.92. The van der Waals surface area contributed by atoms with Crippen LogP contribution in [0.1, 0.15) is 20.3 Å². The van der Waals surface area contributed by atoms with Crippen molar-refractivity contribution in [3.05, 3.63) is 30.1 Å². The van der Waals surface area contributed by atoms with E-state index in [4.69, 9.17) is 0 Å². The van der Waals surface area contributed by atoms with Gasteiger partial charge in [0.1, 0.15) is 5.82 Å². The molecule has 0 aliphatic heterocycles. The fourth-order valence-electron chi connectivity index (χ4n) is 1.65. The molecule has 1 aromatic carbocycles. The number of rotatable bonds is 5. The molecule has 1 aromatic rings. The summed E-state index contributed by atoms with van der Waals surface area (Å²) >= 11 is 0. The van der Waals surface area contributed by atoms with Crippen molar-refractivity contribution in [2.24, 2.45) is 5.41 Å². The summed E-state index contributed by atoms with van der Waals surface area (Å²) in [5, 5.41) is 9.33. The average molecular weight is 225 g/mol. The number of nitrogens with zero attached hydrogens (tertiary/aromatic N) is 1. The Hall–Kier alpha value is -1.09. The van der Waals surface area contributed by atoms with Gasteiger partial charge >= 0.3 is 0 Å². The van der Waals surface area contributed by atoms with Crippen LogP contribution in [0.15, 0.2) is 24.3 Å². The van der Waals surface area contributed by atoms with E-state index in [9.17, 15) is 9.50 Å². The lowest BCUT2D eigenvalue weighted by Gasteiger charge is -2.32. The number of hydrogen-bond acceptors (Lipinski definition) is 2. The molecule has 90 valence electrons. The maximum Gasteiger partial charge on any atom is 0.125 e. The van der Waals surface area contributed by atoms with Gasteiger partial charge in [-0.2, -0.15) is 0 Å². The highest BCUT2D eigenvalue weighted by molar-refractivity contribution is 5.45. The van der Waals surface area contributed by atoms with Crippen LogP contribution in [0.25, 0.3) is 0 Å². The summed E-state index contributed by atoms with van der Waals surface area (Å²) in [5.41, 5.74) is 0.703. The van der Waals surface area contributed by atoms with Gasteiger partial charge in [0.2, 0.25) is 0 Å². The Balaban J connectivity index is 2.75. The molecule has 0 radical (unpaired) electrons. The third-order valence-electron chi connectivity index (χ3n) is 3.10. The molecule has 0 bridgehead atoms. The topological polar surface area (TPSA) is 23.5 Å². The van der Waals surface area contributed by atoms with Crippen LogP contribution in [-0.2, 0) is 0 Å². The minimum atomic E-state index is -0.230. The Morgan fingerprint density at radius 2 is 2.12 bits per heavy atom. The molecule has 1 rings (SSSR count). The van der Waals surface area contributed by atoms with Crippen LogP contribution in [0.3, 0.4) is 0 Å². The zero-order valence-electron chi connectivity index (χ0n) is 10.2. The Kier molecular flexibility index (Phi) is 4.30. The van der Waals surface area contributed by atoms with Gasteiger partial charge in [0.15, 0.2) is 0 Å². The van der Waals surface area contributed by atoms with Crippen LogP contribution in [0.4, 0.5) is 10.1 Å². The molecule has 0 heterocycles. The Morgan fingerprint density at radius 3 is 2.62 bits per heavy atom. The maximum absolute atomic E-state index is 13.0. The van der Waals surface area contributed by atoms with Gasteiger partial charge in [0.25, 0.3) is 0 Å². The zero-order valence-corrected chi connectivity index (χ0v) is 10.2. The molecular formula is C13H20FNO. The number of benzene rings is 1. The van der Waals surface area contributed by atoms with E-state index in [2.05, 4.69) is 6.92 Å². The van der Waals surface area contributed by atoms with Crippen LogP contribution in [-0.4, -0.2) is 25.3 Å². The summed E-state index contributed by atoms with van der Waals surface area (Å²) in [5.74, 6) is -0.230. The second kappa shape index (κ2) is 5.30. The molecule has 0 aromatic heterocycles. The van der Waals surface area contributed by atoms with Crippen LogP contribution >= 0.6 is 0 Å². The van der Waals surface area contributed by atoms with E-state index in [0.29, 0.717) is 6.54 Å². The normalized spacial score (nSPS) is 14.6. The van der Waals surface area contributed by atoms with E-state index in [0.717, 1.165) is 12.1 Å². The van der Waals surface area contributed by atoms with Crippen molar-refractivity contribution in [3.8, 4) is 0 Å². The van der Waals surface area contributed by atoms with E-state index in [-0.39, 0.29) is 17.8 Å². The quantitative estimate of drug-likeness (QED) is 0.832. The van der Waals surface area contributed by atoms with Crippen molar-refractivity contribution in [2.45, 2.75) is 20.3 Å². The highest BCUT2D eigenvalue weighted by Gasteiger charge is 2.23. The predicted octanol–water partition coefficient (Wildman–Crippen LogP) is 2.67. The standard InChI is InChI=1S/C13H20FNO/c1-4-13(2,10-16)9-15(3)12-7-5-6-11(14)8-12/h5-8,16H,4,9-10H2,1-3H3. The first-order valence-corrected chi connectivity index (χ1v) is 5.58. The minimum absolute atomic E-state index is 0.138. The molecule has 1 N–H and O–H groups in total. The second-order valence-corrected chi connectivity index (χ2v) is 4.66. The highest BCUT2D eigenvalue weighted by atomic mass is 19.1. The molecule has 1 atom stereocenters. The summed E-state index contributed by atoms with van der Waals surface area (Å²) in [6, 6.07) is 6.51. The third kappa shape index (κ3) is 3.20. The number of halogens is 1. The molecule has 0 fully saturated rings. The summed E-state index contributed by atoms with van der Waals surface area (Å²) in [6.07, 6.45) is 0.892. The van der Waals surface area contributed by atoms with Gasteiger partial charge in [0, 0.05) is 24.7 Å². The predicted molar refractivity (Wildman–Crippen MR) is 65.2 cm³/mol. The number of aliphatic hydroxyl groups excluding tert-OH is 1. The minimum Gasteiger partial charge on any atom is -0.396 e. The van der Waals surface area contributed by atoms with Gasteiger partial charge in [0.05, 0.1) is 6.61 Å². The summed E-state index contributed by atoms with van der Waals surface area (Å²) < 4.78 is 13.0. The monoisotopic (exact) mass is 225 g/mol. The lowest BCUT2D eigenvalue weighted by molar-refractivity contribution is 0.144. The molecule has 0 aliphatic rings. The molecule has 16 heavy (non-hydrogen) atoms. The molecular weight excluding hydrogens is 205 g/mol. The second-order valence-electron chi connectivity index (χ2n) is 4.66. The first-order valence-electron chi connectivity index (χ1n) is 5.58. The molecule has 0 aliphatic carbocycles. The van der Waals surface area contributed by atoms with Crippen LogP contribution in [0.5, 0.6) is 0 Å². The smallest absolute Gasteiger partial charge is 0.125 e. The SMILES string of the molecule is CCC(C)(CO)CN(C)c1cccc(F)c1. The molecule has 0 saturated heterocycles. The number of anilines is 1. The lowest BCUT2D eigenvalue weighted by Crippen LogP contribution is -2.35. The van der Waals surface area contributed by atoms with Crippen LogP contribution in [0.2, 0.25) is 0 Å². The van der Waals surface area contributed by atoms with Gasteiger partial charge in [-0.25, -0.2) is 4.39 Å². The van der Waals surface area contributed by atoms with Crippen LogP contribution in [0, 0.1) is 11.2 Å². The fraction of sp³-hybridized carbons (Fsp3) is 0.538. The summed E-state index contributed by atoms with van der Waals surface area (Å²) in [4.78, 5) is 1.98. The Morgan fingerprint density at radius 1 is 1.44 bits per heavy atom. The van der Waals surface area contributed by atoms with Gasteiger partial charge in [-0.15, -0.1) is 0 Å². The van der Waals surface area contributed by atoms with Gasteiger partial charge in [-0.1, -0.05) is 19.9 Å². The third-order valence-corrected chi connectivity index (χ3v) is 3.10. The first kappa shape index (κ1) is 13.0. The van der Waals surface area contributed by atoms with E-state index in [1.807, 2.05) is 24.9 Å². The number of aliphatic hydroxyl groups is 1. The van der Waals surface area contributed by atoms with Crippen molar-refractivity contribution in [1.29, 1.82) is 0 Å². The molecule has 3 heteroatoms. The fourth-order valence-corrected chi connectivity index (χ4v) is 1.65. The van der Waals surface area contributed by atoms with Crippen molar-refractivity contribution >= 4 is 5.69 Å². The Bertz CT molecular complexity index is 336. The Labute approximate surface area is 96.7 Å². The van der Waals surface area contributed by atoms with Crippen LogP contribution < -0.4 is 4.90 Å². The van der Waals surface area contributed by atoms with E-state index in [1.165, 1.54) is 12.1 Å². The van der Waals surface area contributed by atoms with Crippen molar-refractivity contribution in [2.75, 3.05) is 25.1 Å². The number of hydrogen-bond donors (Lipinski definition) is 1. The average Bonchev–Trinajstić information content (AvgIpc) is 2.29. The van der Waals surface area contributed by atoms with Crippen molar-refractivity contribution in [1.82, 2.24) is 0 Å². The van der Waals surface area contributed by atoms with Crippen molar-refractivity contribution < 1.29 is 9.50 Å². The maximum atomic E-state index is 13.0. The summed E-state index contributed by atoms with van der Waals surface area (Å²) in [6.45, 7) is 4.94. The van der Waals surface area contributed by atoms with E-state index in [1.54, 1.807) is 6.07 Å². The lowest BCUT2D eigenvalue weighted by atomic mass is 9.88. The molecule has 0 amide bonds. The zero-order chi connectivity index (χ0) is 12.2. The first-order chi connectivity index (χ1) is 7.50. The van der Waals surface area contributed by atoms with Gasteiger partial charge < -0.3 is 10.0 Å². The van der Waals surface area contributed by atoms with E-state index >= 15 is 0 Å². The van der Waals surface area contributed by atoms with E-state index < -0.39 is 0 Å². The highest BCUT2D eigenvalue weighted by Crippen LogP contribution is 2.24. The van der Waals surface area contributed by atoms with Gasteiger partial charge in [-0.3, -0.25) is 0 Å². The van der Waals surface area contributed by atoms with Gasteiger partial charge in [-0.05, 0) is 24.6 Å². The molecule has 2 nitrogen and oxygen atoms in total. The largest absolute Gasteiger partial charge is 0.396 e. The molecule has 0 spiro atoms. The van der Waals surface area contributed by atoms with Crippen molar-refractivity contribution in [3.63, 3.8) is 0 Å².